The van der Waals surface area contributed by atoms with Gasteiger partial charge in [0.1, 0.15) is 22.1 Å². The molecule has 0 amide bonds. The second-order valence-corrected chi connectivity index (χ2v) is 13.0. The molecule has 12 heteroatoms. The van der Waals surface area contributed by atoms with Gasteiger partial charge in [-0.1, -0.05) is 47.0 Å². The maximum Gasteiger partial charge on any atom is 0.116 e. The lowest BCUT2D eigenvalue weighted by atomic mass is 10.1. The molecule has 0 aliphatic carbocycles. The van der Waals surface area contributed by atoms with Crippen molar-refractivity contribution >= 4 is 101 Å². The van der Waals surface area contributed by atoms with E-state index < -0.39 is 0 Å². The Morgan fingerprint density at radius 3 is 1.11 bits per heavy atom. The van der Waals surface area contributed by atoms with Gasteiger partial charge in [0.2, 0.25) is 0 Å². The van der Waals surface area contributed by atoms with Crippen LogP contribution >= 0.6 is 70.5 Å². The topological polar surface area (TPSA) is 58.0 Å². The first-order chi connectivity index (χ1) is 17.7. The van der Waals surface area contributed by atoms with Crippen molar-refractivity contribution in [3.05, 3.63) is 92.3 Å². The van der Waals surface area contributed by atoms with E-state index in [9.17, 15) is 0 Å². The van der Waals surface area contributed by atoms with Crippen LogP contribution in [0.1, 0.15) is 0 Å². The van der Waals surface area contributed by atoms with Crippen molar-refractivity contribution in [1.29, 1.82) is 0 Å². The minimum Gasteiger partial charge on any atom is -0.357 e. The van der Waals surface area contributed by atoms with E-state index >= 15 is 0 Å². The van der Waals surface area contributed by atoms with Crippen LogP contribution < -0.4 is 10.4 Å². The fourth-order valence-corrected chi connectivity index (χ4v) is 8.54. The van der Waals surface area contributed by atoms with Crippen LogP contribution in [0.5, 0.6) is 0 Å². The summed E-state index contributed by atoms with van der Waals surface area (Å²) in [7, 11) is 4.05. The van der Waals surface area contributed by atoms with E-state index in [0.29, 0.717) is 0 Å². The highest BCUT2D eigenvalue weighted by molar-refractivity contribution is 8.35. The fourth-order valence-electron chi connectivity index (χ4n) is 3.68. The SMILES string of the molecule is C1=CSC(=c2c3nsnc3c(=C3SC=CS3)c3nsnc23)S1.CN1C=CC(=C2C=CN(C)C=C2)C=C1. The molecule has 2 aromatic heterocycles. The number of rotatable bonds is 0. The smallest absolute Gasteiger partial charge is 0.116 e. The predicted octanol–water partition coefficient (Wildman–Crippen LogP) is 5.96. The predicted molar refractivity (Wildman–Crippen MR) is 162 cm³/mol. The molecule has 0 N–H and O–H groups in total. The Hall–Kier alpha value is -2.22. The average molecular weight is 583 g/mol. The Labute approximate surface area is 233 Å². The molecule has 0 saturated carbocycles. The number of thioether (sulfide) groups is 4. The Kier molecular flexibility index (Phi) is 7.13. The Morgan fingerprint density at radius 2 is 0.806 bits per heavy atom. The van der Waals surface area contributed by atoms with E-state index in [1.807, 2.05) is 23.9 Å². The number of fused-ring (bicyclic) bond motifs is 2. The summed E-state index contributed by atoms with van der Waals surface area (Å²) in [6, 6.07) is 0. The third kappa shape index (κ3) is 4.73. The van der Waals surface area contributed by atoms with Gasteiger partial charge in [0, 0.05) is 38.9 Å². The molecular weight excluding hydrogens is 565 g/mol. The zero-order chi connectivity index (χ0) is 24.5. The van der Waals surface area contributed by atoms with Gasteiger partial charge in [-0.2, -0.15) is 17.5 Å². The Bertz CT molecular complexity index is 1460. The number of hydrogen-bond donors (Lipinski definition) is 0. The van der Waals surface area contributed by atoms with Crippen LogP contribution in [0.25, 0.3) is 30.5 Å². The standard InChI is InChI=1S/C12H4N4S6.C12H14N2/c1-2-18-11(17-1)5-7-9(15-21-13-7)6(12-19-3-4-20-12)10-8(5)14-22-16-10;1-13-7-3-11(4-8-13)12-5-9-14(2)10-6-12/h1-4H;3-10H,1-2H3. The van der Waals surface area contributed by atoms with Crippen LogP contribution in [0.2, 0.25) is 0 Å². The molecule has 0 fully saturated rings. The van der Waals surface area contributed by atoms with Crippen LogP contribution in [0, 0.1) is 0 Å². The van der Waals surface area contributed by atoms with Gasteiger partial charge in [0.25, 0.3) is 0 Å². The first kappa shape index (κ1) is 24.1. The van der Waals surface area contributed by atoms with E-state index in [4.69, 9.17) is 0 Å². The molecule has 0 unspecified atom stereocenters. The van der Waals surface area contributed by atoms with E-state index in [0.717, 1.165) is 32.5 Å². The van der Waals surface area contributed by atoms with Crippen molar-refractivity contribution in [3.8, 4) is 0 Å². The van der Waals surface area contributed by atoms with Gasteiger partial charge in [-0.25, -0.2) is 0 Å². The first-order valence-corrected chi connectivity index (χ1v) is 15.7. The van der Waals surface area contributed by atoms with E-state index in [1.165, 1.54) is 43.1 Å². The molecular formula is C24H18N6S6. The highest BCUT2D eigenvalue weighted by Crippen LogP contribution is 2.40. The summed E-state index contributed by atoms with van der Waals surface area (Å²) in [5, 5.41) is 10.5. The minimum atomic E-state index is 0.944. The zero-order valence-electron chi connectivity index (χ0n) is 19.1. The lowest BCUT2D eigenvalue weighted by Crippen LogP contribution is -2.16. The molecule has 0 atom stereocenters. The maximum atomic E-state index is 4.56. The van der Waals surface area contributed by atoms with Crippen LogP contribution in [-0.4, -0.2) is 41.4 Å². The highest BCUT2D eigenvalue weighted by atomic mass is 32.2. The zero-order valence-corrected chi connectivity index (χ0v) is 24.0. The summed E-state index contributed by atoms with van der Waals surface area (Å²) < 4.78 is 20.7. The summed E-state index contributed by atoms with van der Waals surface area (Å²) in [5.41, 5.74) is 6.28. The van der Waals surface area contributed by atoms with Gasteiger partial charge in [-0.15, -0.1) is 0 Å². The van der Waals surface area contributed by atoms with Crippen LogP contribution in [0.3, 0.4) is 0 Å². The van der Waals surface area contributed by atoms with Gasteiger partial charge in [-0.3, -0.25) is 0 Å². The summed E-state index contributed by atoms with van der Waals surface area (Å²) in [6.45, 7) is 0. The highest BCUT2D eigenvalue weighted by Gasteiger charge is 2.20. The van der Waals surface area contributed by atoms with Crippen molar-refractivity contribution in [3.63, 3.8) is 0 Å². The molecule has 1 aromatic carbocycles. The molecule has 4 aliphatic heterocycles. The molecule has 6 heterocycles. The largest absolute Gasteiger partial charge is 0.357 e. The fraction of sp³-hybridized carbons (Fsp3) is 0.0833. The minimum absolute atomic E-state index is 0.944. The van der Waals surface area contributed by atoms with Crippen molar-refractivity contribution in [2.24, 2.45) is 0 Å². The molecule has 3 aromatic rings. The van der Waals surface area contributed by atoms with Crippen LogP contribution in [0.4, 0.5) is 0 Å². The van der Waals surface area contributed by atoms with Gasteiger partial charge in [0.05, 0.1) is 42.4 Å². The van der Waals surface area contributed by atoms with Gasteiger partial charge < -0.3 is 9.80 Å². The Morgan fingerprint density at radius 1 is 0.500 bits per heavy atom. The third-order valence-electron chi connectivity index (χ3n) is 5.43. The van der Waals surface area contributed by atoms with E-state index in [2.05, 4.69) is 88.2 Å². The molecule has 0 radical (unpaired) electrons. The molecule has 0 bridgehead atoms. The summed E-state index contributed by atoms with van der Waals surface area (Å²) in [5.74, 6) is 0. The summed E-state index contributed by atoms with van der Waals surface area (Å²) in [4.78, 5) is 4.07. The van der Waals surface area contributed by atoms with E-state index in [1.54, 1.807) is 47.0 Å². The molecule has 0 spiro atoms. The number of hydrogen-bond acceptors (Lipinski definition) is 12. The molecule has 0 saturated heterocycles. The second-order valence-electron chi connectivity index (χ2n) is 7.77. The average Bonchev–Trinajstić information content (AvgIpc) is 3.71. The number of aromatic nitrogens is 4. The molecule has 7 rings (SSSR count). The molecule has 36 heavy (non-hydrogen) atoms. The summed E-state index contributed by atoms with van der Waals surface area (Å²) in [6.07, 6.45) is 16.7. The molecule has 6 nitrogen and oxygen atoms in total. The third-order valence-corrected chi connectivity index (χ3v) is 10.8. The van der Waals surface area contributed by atoms with Crippen LogP contribution in [-0.2, 0) is 0 Å². The quantitative estimate of drug-likeness (QED) is 0.317. The first-order valence-electron chi connectivity index (χ1n) is 10.7. The monoisotopic (exact) mass is 582 g/mol. The normalized spacial score (nSPS) is 18.5. The van der Waals surface area contributed by atoms with Gasteiger partial charge >= 0.3 is 0 Å². The number of nitrogens with zero attached hydrogens (tertiary/aromatic N) is 6. The molecule has 180 valence electrons. The lowest BCUT2D eigenvalue weighted by molar-refractivity contribution is 0.616. The van der Waals surface area contributed by atoms with E-state index in [-0.39, 0.29) is 0 Å². The Balaban J connectivity index is 0.000000149. The van der Waals surface area contributed by atoms with Crippen molar-refractivity contribution < 1.29 is 0 Å². The maximum absolute atomic E-state index is 4.56. The van der Waals surface area contributed by atoms with Gasteiger partial charge in [0.15, 0.2) is 0 Å². The molecule has 4 aliphatic rings. The number of allylic oxidation sites excluding steroid dienone is 6. The summed E-state index contributed by atoms with van der Waals surface area (Å²) >= 11 is 9.37. The van der Waals surface area contributed by atoms with Crippen molar-refractivity contribution in [2.75, 3.05) is 14.1 Å². The lowest BCUT2D eigenvalue weighted by Gasteiger charge is -2.16. The second kappa shape index (κ2) is 10.6. The van der Waals surface area contributed by atoms with Crippen molar-refractivity contribution in [2.45, 2.75) is 0 Å². The van der Waals surface area contributed by atoms with Crippen LogP contribution in [0.15, 0.2) is 81.9 Å². The number of benzene rings is 1. The van der Waals surface area contributed by atoms with Gasteiger partial charge in [-0.05, 0) is 57.1 Å². The van der Waals surface area contributed by atoms with Crippen molar-refractivity contribution in [1.82, 2.24) is 27.3 Å².